The van der Waals surface area contributed by atoms with E-state index in [-0.39, 0.29) is 12.1 Å². The zero-order valence-corrected chi connectivity index (χ0v) is 14.2. The molecule has 1 saturated carbocycles. The molecule has 0 spiro atoms. The molecule has 2 heterocycles. The third-order valence-corrected chi connectivity index (χ3v) is 4.87. The lowest BCUT2D eigenvalue weighted by atomic mass is 10.1. The topological polar surface area (TPSA) is 72.3 Å². The quantitative estimate of drug-likeness (QED) is 0.897. The van der Waals surface area contributed by atoms with Crippen LogP contribution in [0.1, 0.15) is 24.0 Å². The van der Waals surface area contributed by atoms with Crippen LogP contribution in [0.4, 0.5) is 4.79 Å². The van der Waals surface area contributed by atoms with Crippen LogP contribution in [0.15, 0.2) is 36.9 Å². The Balaban J connectivity index is 1.30. The molecule has 2 amide bonds. The molecule has 0 bridgehead atoms. The van der Waals surface area contributed by atoms with Gasteiger partial charge in [0.2, 0.25) is 0 Å². The Kier molecular flexibility index (Phi) is 4.65. The van der Waals surface area contributed by atoms with Crippen molar-refractivity contribution >= 4 is 6.03 Å². The second kappa shape index (κ2) is 7.23. The average molecular weight is 341 g/mol. The summed E-state index contributed by atoms with van der Waals surface area (Å²) in [6.07, 6.45) is 5.66. The maximum absolute atomic E-state index is 12.5. The molecule has 0 radical (unpaired) electrons. The molecule has 0 unspecified atom stereocenters. The molecule has 7 nitrogen and oxygen atoms in total. The molecule has 2 aliphatic rings. The van der Waals surface area contributed by atoms with Crippen molar-refractivity contribution in [2.45, 2.75) is 32.0 Å². The van der Waals surface area contributed by atoms with Gasteiger partial charge in [-0.25, -0.2) is 14.5 Å². The molecule has 7 heteroatoms. The summed E-state index contributed by atoms with van der Waals surface area (Å²) in [5.74, 6) is 0.627. The fraction of sp³-hybridized carbons (Fsp3) is 0.500. The van der Waals surface area contributed by atoms with E-state index in [0.717, 1.165) is 11.1 Å². The number of carbonyl (C=O) groups excluding carboxylic acids is 1. The van der Waals surface area contributed by atoms with E-state index >= 15 is 0 Å². The van der Waals surface area contributed by atoms with Crippen LogP contribution in [0.5, 0.6) is 0 Å². The Hall–Kier alpha value is -2.41. The molecule has 1 aliphatic heterocycles. The van der Waals surface area contributed by atoms with E-state index in [1.165, 1.54) is 19.2 Å². The van der Waals surface area contributed by atoms with Gasteiger partial charge in [-0.15, -0.1) is 0 Å². The van der Waals surface area contributed by atoms with Crippen LogP contribution < -0.4 is 5.32 Å². The average Bonchev–Trinajstić information content (AvgIpc) is 3.38. The minimum absolute atomic E-state index is 0.0203. The highest BCUT2D eigenvalue weighted by molar-refractivity contribution is 5.74. The number of nitrogens with one attached hydrogen (secondary N) is 1. The van der Waals surface area contributed by atoms with E-state index in [4.69, 9.17) is 4.74 Å². The summed E-state index contributed by atoms with van der Waals surface area (Å²) in [6.45, 7) is 3.23. The van der Waals surface area contributed by atoms with Crippen LogP contribution in [0.25, 0.3) is 0 Å². The van der Waals surface area contributed by atoms with Crippen molar-refractivity contribution in [2.75, 3.05) is 19.8 Å². The maximum Gasteiger partial charge on any atom is 0.318 e. The fourth-order valence-corrected chi connectivity index (χ4v) is 3.29. The highest BCUT2D eigenvalue weighted by atomic mass is 16.5. The van der Waals surface area contributed by atoms with Crippen molar-refractivity contribution in [1.82, 2.24) is 25.0 Å². The van der Waals surface area contributed by atoms with Gasteiger partial charge in [0, 0.05) is 13.1 Å². The Morgan fingerprint density at radius 2 is 2.04 bits per heavy atom. The number of urea groups is 1. The number of hydrogen-bond donors (Lipinski definition) is 1. The number of rotatable bonds is 5. The molecule has 4 rings (SSSR count). The van der Waals surface area contributed by atoms with Gasteiger partial charge in [-0.2, -0.15) is 5.10 Å². The van der Waals surface area contributed by atoms with Gasteiger partial charge >= 0.3 is 6.03 Å². The van der Waals surface area contributed by atoms with Gasteiger partial charge in [0.1, 0.15) is 12.7 Å². The first kappa shape index (κ1) is 16.1. The minimum Gasteiger partial charge on any atom is -0.377 e. The minimum atomic E-state index is 0.0203. The summed E-state index contributed by atoms with van der Waals surface area (Å²) < 4.78 is 7.33. The molecule has 2 aromatic rings. The lowest BCUT2D eigenvalue weighted by molar-refractivity contribution is 0.00463. The van der Waals surface area contributed by atoms with Crippen LogP contribution in [0.2, 0.25) is 0 Å². The van der Waals surface area contributed by atoms with Gasteiger partial charge in [0.05, 0.1) is 25.8 Å². The first-order chi connectivity index (χ1) is 12.3. The Morgan fingerprint density at radius 3 is 2.76 bits per heavy atom. The third kappa shape index (κ3) is 3.99. The van der Waals surface area contributed by atoms with E-state index in [2.05, 4.69) is 27.5 Å². The summed E-state index contributed by atoms with van der Waals surface area (Å²) in [5.41, 5.74) is 2.24. The first-order valence-corrected chi connectivity index (χ1v) is 8.82. The second-order valence-corrected chi connectivity index (χ2v) is 6.74. The molecule has 25 heavy (non-hydrogen) atoms. The Labute approximate surface area is 147 Å². The SMILES string of the molecule is O=C(NCc1ccc(Cn2cncn2)cc1)N1CCOC[C@@H]1C1CC1. The first-order valence-electron chi connectivity index (χ1n) is 8.82. The predicted octanol–water partition coefficient (Wildman–Crippen LogP) is 1.65. The summed E-state index contributed by atoms with van der Waals surface area (Å²) in [4.78, 5) is 18.4. The van der Waals surface area contributed by atoms with Gasteiger partial charge in [-0.05, 0) is 29.9 Å². The van der Waals surface area contributed by atoms with Crippen LogP contribution in [0, 0.1) is 5.92 Å². The molecule has 2 fully saturated rings. The molecule has 1 aliphatic carbocycles. The van der Waals surface area contributed by atoms with E-state index in [9.17, 15) is 4.79 Å². The summed E-state index contributed by atoms with van der Waals surface area (Å²) in [6, 6.07) is 8.48. The Bertz CT molecular complexity index is 697. The number of nitrogens with zero attached hydrogens (tertiary/aromatic N) is 4. The summed E-state index contributed by atoms with van der Waals surface area (Å²) >= 11 is 0. The van der Waals surface area contributed by atoms with Gasteiger partial charge in [0.25, 0.3) is 0 Å². The van der Waals surface area contributed by atoms with Crippen molar-refractivity contribution in [3.05, 3.63) is 48.0 Å². The third-order valence-electron chi connectivity index (χ3n) is 4.87. The summed E-state index contributed by atoms with van der Waals surface area (Å²) in [5, 5.41) is 7.15. The molecular formula is C18H23N5O2. The van der Waals surface area contributed by atoms with Crippen molar-refractivity contribution in [3.8, 4) is 0 Å². The van der Waals surface area contributed by atoms with Gasteiger partial charge in [-0.3, -0.25) is 0 Å². The monoisotopic (exact) mass is 341 g/mol. The molecule has 1 saturated heterocycles. The predicted molar refractivity (Wildman–Crippen MR) is 91.8 cm³/mol. The number of amides is 2. The van der Waals surface area contributed by atoms with Crippen LogP contribution >= 0.6 is 0 Å². The van der Waals surface area contributed by atoms with Crippen molar-refractivity contribution in [1.29, 1.82) is 0 Å². The molecule has 132 valence electrons. The number of ether oxygens (including phenoxy) is 1. The van der Waals surface area contributed by atoms with E-state index in [1.807, 2.05) is 17.0 Å². The number of aromatic nitrogens is 3. The van der Waals surface area contributed by atoms with Crippen LogP contribution in [0.3, 0.4) is 0 Å². The number of morpholine rings is 1. The van der Waals surface area contributed by atoms with Crippen molar-refractivity contribution < 1.29 is 9.53 Å². The largest absolute Gasteiger partial charge is 0.377 e. The lowest BCUT2D eigenvalue weighted by Crippen LogP contribution is -2.53. The number of carbonyl (C=O) groups is 1. The zero-order chi connectivity index (χ0) is 17.1. The molecule has 1 aromatic heterocycles. The molecule has 1 N–H and O–H groups in total. The summed E-state index contributed by atoms with van der Waals surface area (Å²) in [7, 11) is 0. The highest BCUT2D eigenvalue weighted by Crippen LogP contribution is 2.36. The number of hydrogen-bond acceptors (Lipinski definition) is 4. The van der Waals surface area contributed by atoms with Crippen LogP contribution in [-0.4, -0.2) is 51.5 Å². The zero-order valence-electron chi connectivity index (χ0n) is 14.2. The molecule has 1 aromatic carbocycles. The normalized spacial score (nSPS) is 20.5. The molecular weight excluding hydrogens is 318 g/mol. The van der Waals surface area contributed by atoms with E-state index < -0.39 is 0 Å². The fourth-order valence-electron chi connectivity index (χ4n) is 3.29. The smallest absolute Gasteiger partial charge is 0.318 e. The van der Waals surface area contributed by atoms with Gasteiger partial charge in [-0.1, -0.05) is 24.3 Å². The van der Waals surface area contributed by atoms with E-state index in [1.54, 1.807) is 11.0 Å². The van der Waals surface area contributed by atoms with Gasteiger partial charge < -0.3 is 15.0 Å². The van der Waals surface area contributed by atoms with E-state index in [0.29, 0.717) is 38.8 Å². The van der Waals surface area contributed by atoms with Crippen molar-refractivity contribution in [2.24, 2.45) is 5.92 Å². The standard InChI is InChI=1S/C18H23N5O2/c24-18(23-7-8-25-11-17(23)16-5-6-16)20-9-14-1-3-15(4-2-14)10-22-13-19-12-21-22/h1-4,12-13,16-17H,5-11H2,(H,20,24)/t17-/m1/s1. The van der Waals surface area contributed by atoms with Gasteiger partial charge in [0.15, 0.2) is 0 Å². The van der Waals surface area contributed by atoms with Crippen LogP contribution in [-0.2, 0) is 17.8 Å². The molecule has 1 atom stereocenters. The maximum atomic E-state index is 12.5. The second-order valence-electron chi connectivity index (χ2n) is 6.74. The number of benzene rings is 1. The lowest BCUT2D eigenvalue weighted by Gasteiger charge is -2.35. The van der Waals surface area contributed by atoms with Crippen molar-refractivity contribution in [3.63, 3.8) is 0 Å². The highest BCUT2D eigenvalue weighted by Gasteiger charge is 2.39. The Morgan fingerprint density at radius 1 is 1.24 bits per heavy atom.